The number of hydrogen-bond acceptors (Lipinski definition) is 4. The van der Waals surface area contributed by atoms with Gasteiger partial charge in [-0.15, -0.1) is 0 Å². The third-order valence-electron chi connectivity index (χ3n) is 5.74. The Morgan fingerprint density at radius 1 is 1.06 bits per heavy atom. The molecule has 2 N–H and O–H groups in total. The maximum Gasteiger partial charge on any atom is 0.412 e. The maximum absolute atomic E-state index is 12.0. The predicted octanol–water partition coefficient (Wildman–Crippen LogP) is 5.68. The van der Waals surface area contributed by atoms with Crippen LogP contribution in [-0.2, 0) is 24.1 Å². The fourth-order valence-corrected chi connectivity index (χ4v) is 4.25. The lowest BCUT2D eigenvalue weighted by Gasteiger charge is -2.19. The molecule has 9 heteroatoms. The second-order valence-corrected chi connectivity index (χ2v) is 9.97. The molecule has 2 amide bonds. The fourth-order valence-electron chi connectivity index (χ4n) is 4.13. The van der Waals surface area contributed by atoms with Crippen LogP contribution >= 0.6 is 11.6 Å². The Balaban J connectivity index is 1.58. The van der Waals surface area contributed by atoms with E-state index < -0.39 is 17.8 Å². The number of carboxylic acid groups (broad SMARTS) is 1. The lowest BCUT2D eigenvalue weighted by atomic mass is 10.0. The molecule has 0 fully saturated rings. The number of fused-ring (bicyclic) bond motifs is 1. The number of aromatic nitrogens is 2. The number of amides is 2. The van der Waals surface area contributed by atoms with Crippen LogP contribution < -0.4 is 5.32 Å². The first kappa shape index (κ1) is 24.6. The molecule has 0 saturated carbocycles. The van der Waals surface area contributed by atoms with Crippen molar-refractivity contribution in [3.8, 4) is 11.3 Å². The molecule has 0 spiro atoms. The van der Waals surface area contributed by atoms with E-state index in [9.17, 15) is 14.7 Å². The molecule has 0 unspecified atom stereocenters. The summed E-state index contributed by atoms with van der Waals surface area (Å²) in [7, 11) is 0. The summed E-state index contributed by atoms with van der Waals surface area (Å²) < 4.78 is 7.26. The molecular formula is C26H29ClN4O4. The van der Waals surface area contributed by atoms with Crippen molar-refractivity contribution in [2.45, 2.75) is 45.8 Å². The smallest absolute Gasteiger partial charge is 0.412 e. The fraction of sp³-hybridized carbons (Fsp3) is 0.346. The minimum absolute atomic E-state index is 0.423. The molecule has 0 atom stereocenters. The zero-order valence-corrected chi connectivity index (χ0v) is 20.8. The molecule has 2 heterocycles. The molecule has 3 aromatic rings. The lowest BCUT2D eigenvalue weighted by Crippen LogP contribution is -2.32. The molecule has 1 aliphatic heterocycles. The summed E-state index contributed by atoms with van der Waals surface area (Å²) in [5.74, 6) is 0. The quantitative estimate of drug-likeness (QED) is 0.484. The van der Waals surface area contributed by atoms with Crippen molar-refractivity contribution < 1.29 is 19.4 Å². The monoisotopic (exact) mass is 496 g/mol. The highest BCUT2D eigenvalue weighted by atomic mass is 35.5. The van der Waals surface area contributed by atoms with Crippen LogP contribution in [0.5, 0.6) is 0 Å². The van der Waals surface area contributed by atoms with Crippen molar-refractivity contribution in [2.75, 3.05) is 18.4 Å². The van der Waals surface area contributed by atoms with Gasteiger partial charge in [0.1, 0.15) is 5.60 Å². The van der Waals surface area contributed by atoms with E-state index in [0.29, 0.717) is 43.2 Å². The van der Waals surface area contributed by atoms with Crippen molar-refractivity contribution in [1.29, 1.82) is 0 Å². The highest BCUT2D eigenvalue weighted by molar-refractivity contribution is 6.30. The van der Waals surface area contributed by atoms with Crippen molar-refractivity contribution in [1.82, 2.24) is 14.7 Å². The van der Waals surface area contributed by atoms with Crippen molar-refractivity contribution in [3.05, 3.63) is 70.4 Å². The average molecular weight is 497 g/mol. The number of halogens is 1. The van der Waals surface area contributed by atoms with E-state index in [4.69, 9.17) is 21.4 Å². The number of nitrogens with zero attached hydrogens (tertiary/aromatic N) is 3. The van der Waals surface area contributed by atoms with Crippen LogP contribution in [0.4, 0.5) is 15.3 Å². The summed E-state index contributed by atoms with van der Waals surface area (Å²) in [5.41, 5.74) is 4.99. The van der Waals surface area contributed by atoms with Crippen LogP contribution in [0.25, 0.3) is 11.3 Å². The summed E-state index contributed by atoms with van der Waals surface area (Å²) in [5, 5.41) is 17.8. The van der Waals surface area contributed by atoms with Gasteiger partial charge >= 0.3 is 12.2 Å². The molecule has 0 radical (unpaired) electrons. The topological polar surface area (TPSA) is 96.7 Å². The highest BCUT2D eigenvalue weighted by Crippen LogP contribution is 2.30. The SMILES string of the molecule is CC(C)(C)OC(=O)Nc1ccc(Cn2nc(-c3ccc(Cl)cc3)c3c2CCN(C(=O)O)CC3)cc1. The highest BCUT2D eigenvalue weighted by Gasteiger charge is 2.25. The minimum atomic E-state index is -0.907. The maximum atomic E-state index is 12.0. The molecule has 8 nitrogen and oxygen atoms in total. The van der Waals surface area contributed by atoms with Crippen LogP contribution in [0.1, 0.15) is 37.6 Å². The van der Waals surface area contributed by atoms with Crippen molar-refractivity contribution >= 4 is 29.5 Å². The predicted molar refractivity (Wildman–Crippen MR) is 135 cm³/mol. The molecule has 2 aromatic carbocycles. The normalized spacial score (nSPS) is 13.7. The van der Waals surface area contributed by atoms with Gasteiger partial charge in [0.2, 0.25) is 0 Å². The lowest BCUT2D eigenvalue weighted by molar-refractivity contribution is 0.0636. The standard InChI is InChI=1S/C26H29ClN4O4/c1-26(2,3)35-24(32)28-20-10-4-17(5-11-20)16-31-22-13-15-30(25(33)34)14-12-21(22)23(29-31)18-6-8-19(27)9-7-18/h4-11H,12-16H2,1-3H3,(H,28,32)(H,33,34). The molecule has 4 rings (SSSR count). The Hall–Kier alpha value is -3.52. The molecule has 184 valence electrons. The molecule has 1 aliphatic rings. The second kappa shape index (κ2) is 10.00. The van der Waals surface area contributed by atoms with Crippen LogP contribution in [0.2, 0.25) is 5.02 Å². The van der Waals surface area contributed by atoms with Gasteiger partial charge in [-0.05, 0) is 57.0 Å². The Morgan fingerprint density at radius 2 is 1.71 bits per heavy atom. The van der Waals surface area contributed by atoms with Crippen LogP contribution in [0, 0.1) is 0 Å². The molecular weight excluding hydrogens is 468 g/mol. The Morgan fingerprint density at radius 3 is 2.34 bits per heavy atom. The van der Waals surface area contributed by atoms with Gasteiger partial charge < -0.3 is 14.7 Å². The number of ether oxygens (including phenoxy) is 1. The number of benzene rings is 2. The minimum Gasteiger partial charge on any atom is -0.465 e. The van der Waals surface area contributed by atoms with Gasteiger partial charge in [0.05, 0.1) is 12.2 Å². The number of anilines is 1. The number of rotatable bonds is 4. The largest absolute Gasteiger partial charge is 0.465 e. The zero-order chi connectivity index (χ0) is 25.2. The van der Waals surface area contributed by atoms with E-state index in [1.165, 1.54) is 4.90 Å². The molecule has 35 heavy (non-hydrogen) atoms. The zero-order valence-electron chi connectivity index (χ0n) is 20.0. The van der Waals surface area contributed by atoms with Gasteiger partial charge in [0.15, 0.2) is 0 Å². The molecule has 0 bridgehead atoms. The third kappa shape index (κ3) is 6.14. The van der Waals surface area contributed by atoms with E-state index in [-0.39, 0.29) is 0 Å². The summed E-state index contributed by atoms with van der Waals surface area (Å²) in [6, 6.07) is 15.1. The Bertz CT molecular complexity index is 1210. The van der Waals surface area contributed by atoms with Gasteiger partial charge in [-0.1, -0.05) is 35.9 Å². The summed E-state index contributed by atoms with van der Waals surface area (Å²) in [6.07, 6.45) is -0.229. The van der Waals surface area contributed by atoms with E-state index in [0.717, 1.165) is 28.1 Å². The summed E-state index contributed by atoms with van der Waals surface area (Å²) in [4.78, 5) is 25.1. The van der Waals surface area contributed by atoms with Crippen molar-refractivity contribution in [3.63, 3.8) is 0 Å². The summed E-state index contributed by atoms with van der Waals surface area (Å²) >= 11 is 6.08. The van der Waals surface area contributed by atoms with Gasteiger partial charge in [-0.2, -0.15) is 5.10 Å². The van der Waals surface area contributed by atoms with E-state index >= 15 is 0 Å². The molecule has 1 aromatic heterocycles. The third-order valence-corrected chi connectivity index (χ3v) is 5.99. The van der Waals surface area contributed by atoms with E-state index in [1.807, 2.05) is 74.0 Å². The number of nitrogens with one attached hydrogen (secondary N) is 1. The molecule has 0 saturated heterocycles. The average Bonchev–Trinajstić information content (AvgIpc) is 2.96. The summed E-state index contributed by atoms with van der Waals surface area (Å²) in [6.45, 7) is 6.83. The van der Waals surface area contributed by atoms with Crippen LogP contribution in [0.3, 0.4) is 0 Å². The van der Waals surface area contributed by atoms with Crippen molar-refractivity contribution in [2.24, 2.45) is 0 Å². The van der Waals surface area contributed by atoms with Gasteiger partial charge in [0.25, 0.3) is 0 Å². The number of hydrogen-bond donors (Lipinski definition) is 2. The second-order valence-electron chi connectivity index (χ2n) is 9.53. The van der Waals surface area contributed by atoms with Crippen LogP contribution in [-0.4, -0.2) is 50.7 Å². The molecule has 0 aliphatic carbocycles. The first-order valence-corrected chi connectivity index (χ1v) is 11.9. The van der Waals surface area contributed by atoms with E-state index in [2.05, 4.69) is 5.32 Å². The number of carbonyl (C=O) groups is 2. The van der Waals surface area contributed by atoms with Gasteiger partial charge in [-0.3, -0.25) is 10.00 Å². The first-order chi connectivity index (χ1) is 16.6. The van der Waals surface area contributed by atoms with Gasteiger partial charge in [-0.25, -0.2) is 9.59 Å². The number of carbonyl (C=O) groups excluding carboxylic acids is 1. The Kier molecular flexibility index (Phi) is 7.03. The Labute approximate surface area is 209 Å². The first-order valence-electron chi connectivity index (χ1n) is 11.5. The van der Waals surface area contributed by atoms with E-state index in [1.54, 1.807) is 0 Å². The van der Waals surface area contributed by atoms with Gasteiger partial charge in [0, 0.05) is 47.0 Å². The van der Waals surface area contributed by atoms with Crippen LogP contribution in [0.15, 0.2) is 48.5 Å².